The van der Waals surface area contributed by atoms with Crippen molar-refractivity contribution in [3.8, 4) is 0 Å². The predicted octanol–water partition coefficient (Wildman–Crippen LogP) is 2.88. The Balaban J connectivity index is 2.13. The first-order valence-corrected chi connectivity index (χ1v) is 7.38. The summed E-state index contributed by atoms with van der Waals surface area (Å²) < 4.78 is 0. The SMILES string of the molecule is CNC1C(N2CC(C)CC2C)CCCC1(C)C. The average molecular weight is 238 g/mol. The van der Waals surface area contributed by atoms with Gasteiger partial charge in [0, 0.05) is 24.7 Å². The molecule has 17 heavy (non-hydrogen) atoms. The largest absolute Gasteiger partial charge is 0.315 e. The minimum Gasteiger partial charge on any atom is -0.315 e. The molecule has 0 amide bonds. The van der Waals surface area contributed by atoms with Crippen molar-refractivity contribution in [3.05, 3.63) is 0 Å². The van der Waals surface area contributed by atoms with Gasteiger partial charge in [0.25, 0.3) is 0 Å². The van der Waals surface area contributed by atoms with Crippen LogP contribution in [0.25, 0.3) is 0 Å². The quantitative estimate of drug-likeness (QED) is 0.796. The van der Waals surface area contributed by atoms with E-state index >= 15 is 0 Å². The Kier molecular flexibility index (Phi) is 3.84. The Bertz CT molecular complexity index is 262. The summed E-state index contributed by atoms with van der Waals surface area (Å²) in [5.74, 6) is 0.882. The van der Waals surface area contributed by atoms with E-state index in [2.05, 4.69) is 45.0 Å². The van der Waals surface area contributed by atoms with Crippen molar-refractivity contribution in [1.82, 2.24) is 10.2 Å². The summed E-state index contributed by atoms with van der Waals surface area (Å²) in [6.07, 6.45) is 5.53. The van der Waals surface area contributed by atoms with Crippen LogP contribution in [0.5, 0.6) is 0 Å². The molecule has 1 saturated heterocycles. The van der Waals surface area contributed by atoms with Gasteiger partial charge in [0.15, 0.2) is 0 Å². The Morgan fingerprint density at radius 2 is 1.94 bits per heavy atom. The number of hydrogen-bond acceptors (Lipinski definition) is 2. The van der Waals surface area contributed by atoms with E-state index in [0.29, 0.717) is 11.5 Å². The third-order valence-electron chi connectivity index (χ3n) is 5.12. The summed E-state index contributed by atoms with van der Waals surface area (Å²) in [4.78, 5) is 2.78. The molecular formula is C15H30N2. The summed E-state index contributed by atoms with van der Waals surface area (Å²) in [5, 5.41) is 3.61. The van der Waals surface area contributed by atoms with Gasteiger partial charge in [-0.3, -0.25) is 4.90 Å². The van der Waals surface area contributed by atoms with E-state index < -0.39 is 0 Å². The van der Waals surface area contributed by atoms with Crippen LogP contribution in [-0.2, 0) is 0 Å². The molecular weight excluding hydrogens is 208 g/mol. The normalized spacial score (nSPS) is 42.9. The van der Waals surface area contributed by atoms with Crippen LogP contribution in [0.1, 0.15) is 53.4 Å². The Labute approximate surface area is 107 Å². The molecule has 100 valence electrons. The maximum absolute atomic E-state index is 3.61. The van der Waals surface area contributed by atoms with Crippen LogP contribution in [0.4, 0.5) is 0 Å². The summed E-state index contributed by atoms with van der Waals surface area (Å²) in [6, 6.07) is 2.19. The van der Waals surface area contributed by atoms with Crippen molar-refractivity contribution in [3.63, 3.8) is 0 Å². The summed E-state index contributed by atoms with van der Waals surface area (Å²) >= 11 is 0. The first kappa shape index (κ1) is 13.4. The monoisotopic (exact) mass is 238 g/mol. The highest BCUT2D eigenvalue weighted by Crippen LogP contribution is 2.40. The van der Waals surface area contributed by atoms with Gasteiger partial charge in [0.05, 0.1) is 0 Å². The molecule has 1 aliphatic heterocycles. The van der Waals surface area contributed by atoms with E-state index in [1.165, 1.54) is 32.2 Å². The van der Waals surface area contributed by atoms with Crippen molar-refractivity contribution in [2.45, 2.75) is 71.5 Å². The zero-order chi connectivity index (χ0) is 12.6. The fraction of sp³-hybridized carbons (Fsp3) is 1.00. The lowest BCUT2D eigenvalue weighted by atomic mass is 9.70. The first-order chi connectivity index (χ1) is 7.95. The zero-order valence-electron chi connectivity index (χ0n) is 12.3. The number of hydrogen-bond donors (Lipinski definition) is 1. The standard InChI is InChI=1S/C15H30N2/c1-11-9-12(2)17(10-11)13-7-6-8-15(3,4)14(13)16-5/h11-14,16H,6-10H2,1-5H3. The number of nitrogens with one attached hydrogen (secondary N) is 1. The fourth-order valence-electron chi connectivity index (χ4n) is 4.34. The number of likely N-dealkylation sites (N-methyl/N-ethyl adjacent to an activating group) is 1. The van der Waals surface area contributed by atoms with Crippen LogP contribution < -0.4 is 5.32 Å². The molecule has 0 aromatic rings. The highest BCUT2D eigenvalue weighted by atomic mass is 15.2. The zero-order valence-corrected chi connectivity index (χ0v) is 12.3. The molecule has 2 rings (SSSR count). The molecule has 1 N–H and O–H groups in total. The van der Waals surface area contributed by atoms with Crippen molar-refractivity contribution in [2.24, 2.45) is 11.3 Å². The van der Waals surface area contributed by atoms with Gasteiger partial charge in [0.2, 0.25) is 0 Å². The minimum absolute atomic E-state index is 0.448. The van der Waals surface area contributed by atoms with Crippen LogP contribution >= 0.6 is 0 Å². The van der Waals surface area contributed by atoms with E-state index in [-0.39, 0.29) is 0 Å². The van der Waals surface area contributed by atoms with Crippen LogP contribution in [0.3, 0.4) is 0 Å². The lowest BCUT2D eigenvalue weighted by Gasteiger charge is -2.48. The van der Waals surface area contributed by atoms with E-state index in [9.17, 15) is 0 Å². The van der Waals surface area contributed by atoms with E-state index in [0.717, 1.165) is 18.0 Å². The van der Waals surface area contributed by atoms with Gasteiger partial charge in [-0.2, -0.15) is 0 Å². The number of nitrogens with zero attached hydrogens (tertiary/aromatic N) is 1. The average Bonchev–Trinajstić information content (AvgIpc) is 2.56. The maximum Gasteiger partial charge on any atom is 0.0271 e. The predicted molar refractivity (Wildman–Crippen MR) is 74.2 cm³/mol. The Morgan fingerprint density at radius 1 is 1.24 bits per heavy atom. The van der Waals surface area contributed by atoms with Crippen LogP contribution in [-0.4, -0.2) is 36.6 Å². The summed E-state index contributed by atoms with van der Waals surface area (Å²) in [5.41, 5.74) is 0.448. The van der Waals surface area contributed by atoms with Crippen molar-refractivity contribution >= 4 is 0 Å². The summed E-state index contributed by atoms with van der Waals surface area (Å²) in [7, 11) is 2.15. The summed E-state index contributed by atoms with van der Waals surface area (Å²) in [6.45, 7) is 11.0. The van der Waals surface area contributed by atoms with Gasteiger partial charge in [0.1, 0.15) is 0 Å². The molecule has 0 aromatic heterocycles. The van der Waals surface area contributed by atoms with E-state index in [1.54, 1.807) is 0 Å². The Hall–Kier alpha value is -0.0800. The molecule has 1 aliphatic carbocycles. The lowest BCUT2D eigenvalue weighted by molar-refractivity contribution is 0.0472. The van der Waals surface area contributed by atoms with Crippen molar-refractivity contribution in [2.75, 3.05) is 13.6 Å². The second kappa shape index (κ2) is 4.89. The molecule has 4 unspecified atom stereocenters. The minimum atomic E-state index is 0.448. The molecule has 1 saturated carbocycles. The van der Waals surface area contributed by atoms with Crippen LogP contribution in [0.15, 0.2) is 0 Å². The lowest BCUT2D eigenvalue weighted by Crippen LogP contribution is -2.58. The smallest absolute Gasteiger partial charge is 0.0271 e. The molecule has 0 bridgehead atoms. The number of rotatable bonds is 2. The van der Waals surface area contributed by atoms with Crippen molar-refractivity contribution < 1.29 is 0 Å². The van der Waals surface area contributed by atoms with E-state index in [4.69, 9.17) is 0 Å². The van der Waals surface area contributed by atoms with Gasteiger partial charge in [-0.05, 0) is 44.6 Å². The third-order valence-corrected chi connectivity index (χ3v) is 5.12. The fourth-order valence-corrected chi connectivity index (χ4v) is 4.34. The first-order valence-electron chi connectivity index (χ1n) is 7.38. The van der Waals surface area contributed by atoms with Crippen LogP contribution in [0.2, 0.25) is 0 Å². The highest BCUT2D eigenvalue weighted by Gasteiger charge is 2.43. The number of likely N-dealkylation sites (tertiary alicyclic amines) is 1. The molecule has 4 atom stereocenters. The highest BCUT2D eigenvalue weighted by molar-refractivity contribution is 5.00. The molecule has 0 radical (unpaired) electrons. The molecule has 2 aliphatic rings. The molecule has 2 fully saturated rings. The van der Waals surface area contributed by atoms with Gasteiger partial charge >= 0.3 is 0 Å². The van der Waals surface area contributed by atoms with Crippen molar-refractivity contribution in [1.29, 1.82) is 0 Å². The van der Waals surface area contributed by atoms with Gasteiger partial charge in [-0.1, -0.05) is 27.2 Å². The molecule has 2 heteroatoms. The molecule has 0 aromatic carbocycles. The topological polar surface area (TPSA) is 15.3 Å². The van der Waals surface area contributed by atoms with Gasteiger partial charge in [-0.25, -0.2) is 0 Å². The van der Waals surface area contributed by atoms with Crippen LogP contribution in [0, 0.1) is 11.3 Å². The van der Waals surface area contributed by atoms with E-state index in [1.807, 2.05) is 0 Å². The van der Waals surface area contributed by atoms with Gasteiger partial charge < -0.3 is 5.32 Å². The second-order valence-corrected chi connectivity index (χ2v) is 7.10. The third kappa shape index (κ3) is 2.53. The molecule has 0 spiro atoms. The Morgan fingerprint density at radius 3 is 2.47 bits per heavy atom. The van der Waals surface area contributed by atoms with Gasteiger partial charge in [-0.15, -0.1) is 0 Å². The molecule has 2 nitrogen and oxygen atoms in total. The maximum atomic E-state index is 3.61. The molecule has 1 heterocycles. The second-order valence-electron chi connectivity index (χ2n) is 7.10.